The number of carbonyl (C=O) groups excluding carboxylic acids is 1. The molecule has 8 heteroatoms. The minimum absolute atomic E-state index is 0.00855. The maximum Gasteiger partial charge on any atom is 0.227 e. The zero-order chi connectivity index (χ0) is 24.8. The Hall–Kier alpha value is -2.00. The van der Waals surface area contributed by atoms with Gasteiger partial charge < -0.3 is 24.3 Å². The number of para-hydroxylation sites is 2. The van der Waals surface area contributed by atoms with Crippen molar-refractivity contribution in [3.8, 4) is 0 Å². The van der Waals surface area contributed by atoms with Crippen molar-refractivity contribution >= 4 is 16.9 Å². The van der Waals surface area contributed by atoms with Crippen LogP contribution in [0.4, 0.5) is 0 Å². The number of aryl methyl sites for hydroxylation is 1. The maximum atomic E-state index is 13.3. The van der Waals surface area contributed by atoms with Crippen molar-refractivity contribution in [1.82, 2.24) is 24.7 Å². The van der Waals surface area contributed by atoms with E-state index >= 15 is 0 Å². The SMILES string of the molecule is COCCCn1c(C(C)N(CC(C)C)[C@@H]2CNCC(C(=O)N3CCOCC3)C2)nc2ccccc21. The summed E-state index contributed by atoms with van der Waals surface area (Å²) in [4.78, 5) is 23.0. The Bertz CT molecular complexity index is 955. The predicted molar refractivity (Wildman–Crippen MR) is 138 cm³/mol. The molecule has 8 nitrogen and oxygen atoms in total. The highest BCUT2D eigenvalue weighted by molar-refractivity contribution is 5.79. The summed E-state index contributed by atoms with van der Waals surface area (Å²) in [5.41, 5.74) is 2.22. The lowest BCUT2D eigenvalue weighted by Gasteiger charge is -2.42. The Morgan fingerprint density at radius 3 is 2.74 bits per heavy atom. The average molecular weight is 486 g/mol. The number of imidazole rings is 1. The first-order chi connectivity index (χ1) is 17.0. The van der Waals surface area contributed by atoms with E-state index in [1.165, 1.54) is 5.52 Å². The number of nitrogens with zero attached hydrogens (tertiary/aromatic N) is 4. The minimum atomic E-state index is 0.00855. The summed E-state index contributed by atoms with van der Waals surface area (Å²) in [6.45, 7) is 13.8. The highest BCUT2D eigenvalue weighted by Gasteiger charge is 2.36. The molecule has 35 heavy (non-hydrogen) atoms. The number of methoxy groups -OCH3 is 1. The number of amides is 1. The van der Waals surface area contributed by atoms with Gasteiger partial charge in [0.15, 0.2) is 0 Å². The number of hydrogen-bond acceptors (Lipinski definition) is 6. The van der Waals surface area contributed by atoms with E-state index in [0.29, 0.717) is 32.2 Å². The summed E-state index contributed by atoms with van der Waals surface area (Å²) in [6, 6.07) is 8.83. The summed E-state index contributed by atoms with van der Waals surface area (Å²) in [5.74, 6) is 1.90. The van der Waals surface area contributed by atoms with Crippen LogP contribution in [-0.4, -0.2) is 91.0 Å². The van der Waals surface area contributed by atoms with E-state index in [1.54, 1.807) is 7.11 Å². The zero-order valence-electron chi connectivity index (χ0n) is 21.9. The Morgan fingerprint density at radius 2 is 2.00 bits per heavy atom. The monoisotopic (exact) mass is 485 g/mol. The van der Waals surface area contributed by atoms with Crippen molar-refractivity contribution < 1.29 is 14.3 Å². The molecule has 2 fully saturated rings. The summed E-state index contributed by atoms with van der Waals surface area (Å²) < 4.78 is 13.2. The molecule has 2 aliphatic rings. The van der Waals surface area contributed by atoms with E-state index in [1.807, 2.05) is 4.90 Å². The molecule has 3 atom stereocenters. The summed E-state index contributed by atoms with van der Waals surface area (Å²) in [6.07, 6.45) is 1.83. The van der Waals surface area contributed by atoms with Crippen molar-refractivity contribution in [2.24, 2.45) is 11.8 Å². The van der Waals surface area contributed by atoms with Crippen LogP contribution in [0.25, 0.3) is 11.0 Å². The van der Waals surface area contributed by atoms with Gasteiger partial charge in [-0.05, 0) is 37.8 Å². The standard InChI is InChI=1S/C27H43N5O3/c1-20(2)19-32(23-16-22(17-28-18-23)27(33)30-11-14-35-15-12-30)21(3)26-29-24-8-5-6-9-25(24)31(26)10-7-13-34-4/h5-6,8-9,20-23,28H,7,10-19H2,1-4H3/t21?,22?,23-/m0/s1. The molecule has 0 radical (unpaired) electrons. The first-order valence-corrected chi connectivity index (χ1v) is 13.3. The molecular weight excluding hydrogens is 442 g/mol. The lowest BCUT2D eigenvalue weighted by molar-refractivity contribution is -0.141. The van der Waals surface area contributed by atoms with E-state index < -0.39 is 0 Å². The third kappa shape index (κ3) is 6.23. The second kappa shape index (κ2) is 12.3. The molecule has 2 unspecified atom stereocenters. The number of benzene rings is 1. The first-order valence-electron chi connectivity index (χ1n) is 13.3. The van der Waals surface area contributed by atoms with Gasteiger partial charge in [-0.15, -0.1) is 0 Å². The van der Waals surface area contributed by atoms with E-state index in [0.717, 1.165) is 57.0 Å². The van der Waals surface area contributed by atoms with Gasteiger partial charge in [0.1, 0.15) is 5.82 Å². The smallest absolute Gasteiger partial charge is 0.227 e. The number of morpholine rings is 1. The number of nitrogens with one attached hydrogen (secondary N) is 1. The van der Waals surface area contributed by atoms with Gasteiger partial charge in [-0.2, -0.15) is 0 Å². The van der Waals surface area contributed by atoms with Crippen molar-refractivity contribution in [3.63, 3.8) is 0 Å². The fourth-order valence-corrected chi connectivity index (χ4v) is 5.61. The third-order valence-electron chi connectivity index (χ3n) is 7.33. The first kappa shape index (κ1) is 26.1. The Balaban J connectivity index is 1.57. The lowest BCUT2D eigenvalue weighted by atomic mass is 9.91. The quantitative estimate of drug-likeness (QED) is 0.522. The summed E-state index contributed by atoms with van der Waals surface area (Å²) in [7, 11) is 1.75. The van der Waals surface area contributed by atoms with Gasteiger partial charge in [0.05, 0.1) is 36.2 Å². The molecule has 1 N–H and O–H groups in total. The topological polar surface area (TPSA) is 71.9 Å². The van der Waals surface area contributed by atoms with Crippen LogP contribution in [0, 0.1) is 11.8 Å². The maximum absolute atomic E-state index is 13.3. The van der Waals surface area contributed by atoms with Crippen molar-refractivity contribution in [2.75, 3.05) is 59.7 Å². The normalized spacial score (nSPS) is 22.3. The number of fused-ring (bicyclic) bond motifs is 1. The van der Waals surface area contributed by atoms with Gasteiger partial charge in [-0.1, -0.05) is 26.0 Å². The van der Waals surface area contributed by atoms with E-state index in [9.17, 15) is 4.79 Å². The lowest BCUT2D eigenvalue weighted by Crippen LogP contribution is -2.55. The molecule has 194 valence electrons. The van der Waals surface area contributed by atoms with E-state index in [-0.39, 0.29) is 23.9 Å². The second-order valence-corrected chi connectivity index (χ2v) is 10.4. The highest BCUT2D eigenvalue weighted by atomic mass is 16.5. The molecule has 0 spiro atoms. The number of carbonyl (C=O) groups is 1. The number of hydrogen-bond donors (Lipinski definition) is 1. The van der Waals surface area contributed by atoms with E-state index in [2.05, 4.69) is 59.8 Å². The third-order valence-corrected chi connectivity index (χ3v) is 7.33. The fraction of sp³-hybridized carbons (Fsp3) is 0.704. The minimum Gasteiger partial charge on any atom is -0.385 e. The molecule has 4 rings (SSSR count). The molecule has 1 aromatic heterocycles. The van der Waals surface area contributed by atoms with Gasteiger partial charge >= 0.3 is 0 Å². The zero-order valence-corrected chi connectivity index (χ0v) is 21.9. The molecule has 0 aliphatic carbocycles. The van der Waals surface area contributed by atoms with Crippen molar-refractivity contribution in [1.29, 1.82) is 0 Å². The van der Waals surface area contributed by atoms with Crippen LogP contribution in [0.5, 0.6) is 0 Å². The van der Waals surface area contributed by atoms with Gasteiger partial charge in [0.25, 0.3) is 0 Å². The molecule has 2 aromatic rings. The van der Waals surface area contributed by atoms with Crippen LogP contribution in [0.1, 0.15) is 45.5 Å². The average Bonchev–Trinajstić information content (AvgIpc) is 3.25. The largest absolute Gasteiger partial charge is 0.385 e. The van der Waals surface area contributed by atoms with Crippen LogP contribution < -0.4 is 5.32 Å². The molecule has 1 amide bonds. The molecular formula is C27H43N5O3. The summed E-state index contributed by atoms with van der Waals surface area (Å²) in [5, 5.41) is 3.58. The Kier molecular flexibility index (Phi) is 9.16. The van der Waals surface area contributed by atoms with Crippen LogP contribution in [0.3, 0.4) is 0 Å². The number of piperidine rings is 1. The number of aromatic nitrogens is 2. The Morgan fingerprint density at radius 1 is 1.23 bits per heavy atom. The second-order valence-electron chi connectivity index (χ2n) is 10.4. The van der Waals surface area contributed by atoms with Crippen LogP contribution in [0.2, 0.25) is 0 Å². The molecule has 0 saturated carbocycles. The highest BCUT2D eigenvalue weighted by Crippen LogP contribution is 2.30. The van der Waals surface area contributed by atoms with Crippen LogP contribution >= 0.6 is 0 Å². The molecule has 1 aromatic carbocycles. The van der Waals surface area contributed by atoms with Crippen LogP contribution in [-0.2, 0) is 20.8 Å². The van der Waals surface area contributed by atoms with Gasteiger partial charge in [0.2, 0.25) is 5.91 Å². The van der Waals surface area contributed by atoms with Crippen LogP contribution in [0.15, 0.2) is 24.3 Å². The van der Waals surface area contributed by atoms with Gasteiger partial charge in [-0.25, -0.2) is 4.98 Å². The molecule has 0 bridgehead atoms. The molecule has 2 saturated heterocycles. The van der Waals surface area contributed by atoms with Crippen molar-refractivity contribution in [3.05, 3.63) is 30.1 Å². The molecule has 2 aliphatic heterocycles. The predicted octanol–water partition coefficient (Wildman–Crippen LogP) is 2.93. The van der Waals surface area contributed by atoms with Crippen molar-refractivity contribution in [2.45, 2.75) is 52.2 Å². The van der Waals surface area contributed by atoms with Gasteiger partial charge in [-0.3, -0.25) is 9.69 Å². The number of ether oxygens (including phenoxy) is 2. The van der Waals surface area contributed by atoms with Gasteiger partial charge in [0, 0.05) is 59.0 Å². The van der Waals surface area contributed by atoms with E-state index in [4.69, 9.17) is 14.5 Å². The fourth-order valence-electron chi connectivity index (χ4n) is 5.61. The molecule has 3 heterocycles. The Labute approximate surface area is 209 Å². The number of rotatable bonds is 10. The summed E-state index contributed by atoms with van der Waals surface area (Å²) >= 11 is 0.